The number of nitrogens with one attached hydrogen (secondary N) is 4. The van der Waals surface area contributed by atoms with Crippen molar-refractivity contribution < 1.29 is 41.8 Å². The number of benzene rings is 4. The van der Waals surface area contributed by atoms with E-state index in [0.29, 0.717) is 33.8 Å². The van der Waals surface area contributed by atoms with Crippen LogP contribution in [-0.4, -0.2) is 92.1 Å². The average molecular weight is 913 g/mol. The smallest absolute Gasteiger partial charge is 0.315 e. The minimum absolute atomic E-state index is 0.00302. The highest BCUT2D eigenvalue weighted by Crippen LogP contribution is 2.46. The van der Waals surface area contributed by atoms with Gasteiger partial charge in [0.15, 0.2) is 0 Å². The Balaban J connectivity index is 1.08. The van der Waals surface area contributed by atoms with Crippen LogP contribution < -0.4 is 34.9 Å². The second-order valence-electron chi connectivity index (χ2n) is 17.4. The molecule has 4 aliphatic rings. The number of aromatic nitrogens is 1. The maximum absolute atomic E-state index is 15.2. The first-order valence-electron chi connectivity index (χ1n) is 22.4. The molecule has 9 rings (SSSR count). The van der Waals surface area contributed by atoms with Gasteiger partial charge in [0.1, 0.15) is 47.6 Å². The molecular formula is C50H52N6O9S. The summed E-state index contributed by atoms with van der Waals surface area (Å²) in [5, 5.41) is 9.59. The minimum Gasteiger partial charge on any atom is -0.497 e. The molecule has 2 aliphatic heterocycles. The third-order valence-electron chi connectivity index (χ3n) is 12.8. The summed E-state index contributed by atoms with van der Waals surface area (Å²) in [6, 6.07) is 28.8. The summed E-state index contributed by atoms with van der Waals surface area (Å²) in [5.41, 5.74) is 1.13. The summed E-state index contributed by atoms with van der Waals surface area (Å²) in [4.78, 5) is 64.3. The molecule has 15 nitrogen and oxygen atoms in total. The molecule has 2 bridgehead atoms. The third kappa shape index (κ3) is 9.69. The van der Waals surface area contributed by atoms with Gasteiger partial charge in [-0.25, -0.2) is 22.9 Å². The predicted molar refractivity (Wildman–Crippen MR) is 246 cm³/mol. The number of hydrogen-bond donors (Lipinski definition) is 4. The van der Waals surface area contributed by atoms with Gasteiger partial charge >= 0.3 is 6.03 Å². The summed E-state index contributed by atoms with van der Waals surface area (Å²) in [5.74, 6) is -1.16. The lowest BCUT2D eigenvalue weighted by molar-refractivity contribution is -0.141. The number of pyridine rings is 1. The fourth-order valence-corrected chi connectivity index (χ4v) is 10.3. The van der Waals surface area contributed by atoms with Crippen LogP contribution in [0.4, 0.5) is 4.79 Å². The zero-order chi connectivity index (χ0) is 45.8. The fraction of sp³-hybridized carbons (Fsp3) is 0.340. The standard InChI is InChI=1S/C50H52N6O9S/c1-63-36-22-23-40-42(27-36)52-41(33-14-5-2-6-15-33)29-45(40)65-38-28-44-46(57)54-50(48(59)55-66(61,62)39-20-9-4-10-21-39)30-34(50)16-12-24-64-37-19-11-13-32(25-37)26-43(47(58)56(44)31-38)53-49(60)51-35-17-7-3-8-18-35/h2,4-6,9-16,19-23,25,27,29,34-35,38,43-44H,3,7-8,17-18,24,26,28,30-31H2,1H3,(H,54,57)(H,55,59)(H2,51,53,60)/b16-12-/t34?,38-,43-,44+,50+/m1/s1. The first kappa shape index (κ1) is 44.3. The van der Waals surface area contributed by atoms with Gasteiger partial charge in [0.25, 0.3) is 15.9 Å². The van der Waals surface area contributed by atoms with Crippen LogP contribution in [0.1, 0.15) is 50.5 Å². The van der Waals surface area contributed by atoms with Crippen LogP contribution in [0.25, 0.3) is 22.2 Å². The maximum Gasteiger partial charge on any atom is 0.315 e. The van der Waals surface area contributed by atoms with Crippen LogP contribution in [-0.2, 0) is 30.8 Å². The number of hydrogen-bond acceptors (Lipinski definition) is 10. The van der Waals surface area contributed by atoms with Crippen LogP contribution in [0.2, 0.25) is 0 Å². The molecule has 2 saturated carbocycles. The van der Waals surface area contributed by atoms with Gasteiger partial charge in [0.2, 0.25) is 11.8 Å². The molecule has 0 radical (unpaired) electrons. The summed E-state index contributed by atoms with van der Waals surface area (Å²) in [7, 11) is -2.75. The van der Waals surface area contributed by atoms with Gasteiger partial charge in [0.05, 0.1) is 29.8 Å². The van der Waals surface area contributed by atoms with Crippen molar-refractivity contribution in [3.8, 4) is 28.5 Å². The Labute approximate surface area is 383 Å². The molecule has 1 aromatic heterocycles. The number of carbonyl (C=O) groups is 4. The van der Waals surface area contributed by atoms with Crippen molar-refractivity contribution >= 4 is 44.7 Å². The molecule has 3 heterocycles. The Hall–Kier alpha value is -6.94. The zero-order valence-electron chi connectivity index (χ0n) is 36.5. The zero-order valence-corrected chi connectivity index (χ0v) is 37.3. The largest absolute Gasteiger partial charge is 0.497 e. The minimum atomic E-state index is -4.33. The van der Waals surface area contributed by atoms with Crippen LogP contribution in [0.15, 0.2) is 126 Å². The van der Waals surface area contributed by atoms with E-state index in [1.165, 1.54) is 17.0 Å². The van der Waals surface area contributed by atoms with Gasteiger partial charge in [-0.3, -0.25) is 14.4 Å². The first-order chi connectivity index (χ1) is 32.0. The molecule has 66 heavy (non-hydrogen) atoms. The van der Waals surface area contributed by atoms with Crippen LogP contribution in [0, 0.1) is 5.92 Å². The van der Waals surface area contributed by atoms with E-state index in [2.05, 4.69) is 20.7 Å². The molecule has 0 spiro atoms. The molecule has 4 aromatic carbocycles. The van der Waals surface area contributed by atoms with Gasteiger partial charge in [0, 0.05) is 47.9 Å². The Kier molecular flexibility index (Phi) is 12.7. The maximum atomic E-state index is 15.2. The molecule has 5 aromatic rings. The molecule has 16 heteroatoms. The number of rotatable bonds is 9. The van der Waals surface area contributed by atoms with Crippen molar-refractivity contribution in [2.24, 2.45) is 5.92 Å². The highest BCUT2D eigenvalue weighted by atomic mass is 32.2. The number of ether oxygens (including phenoxy) is 3. The highest BCUT2D eigenvalue weighted by molar-refractivity contribution is 7.90. The number of carbonyl (C=O) groups excluding carboxylic acids is 4. The third-order valence-corrected chi connectivity index (χ3v) is 14.2. The van der Waals surface area contributed by atoms with Gasteiger partial charge in [-0.1, -0.05) is 92.1 Å². The average Bonchev–Trinajstić information content (AvgIpc) is 3.87. The quantitative estimate of drug-likeness (QED) is 0.131. The Morgan fingerprint density at radius 1 is 0.894 bits per heavy atom. The molecule has 3 fully saturated rings. The predicted octanol–water partition coefficient (Wildman–Crippen LogP) is 5.83. The van der Waals surface area contributed by atoms with Crippen LogP contribution in [0.3, 0.4) is 0 Å². The first-order valence-corrected chi connectivity index (χ1v) is 23.9. The molecule has 2 aliphatic carbocycles. The lowest BCUT2D eigenvalue weighted by atomic mass is 9.96. The number of amides is 5. The molecule has 5 amide bonds. The molecule has 1 unspecified atom stereocenters. The topological polar surface area (TPSA) is 194 Å². The SMILES string of the molecule is COc1ccc2c(O[C@@H]3C[C@H]4C(=O)N[C@@]5(C(=O)NS(=O)(=O)c6ccccc6)CC5/C=C\COc5cccc(c5)C[C@@H](NC(=O)NC5CCCCC5)C(=O)N4C3)cc(-c3ccccc3)nc2c1. The van der Waals surface area contributed by atoms with E-state index in [0.717, 1.165) is 43.2 Å². The fourth-order valence-electron chi connectivity index (χ4n) is 9.26. The second kappa shape index (κ2) is 18.9. The lowest BCUT2D eigenvalue weighted by Crippen LogP contribution is -2.59. The van der Waals surface area contributed by atoms with E-state index in [4.69, 9.17) is 19.2 Å². The van der Waals surface area contributed by atoms with Crippen LogP contribution >= 0.6 is 0 Å². The van der Waals surface area contributed by atoms with E-state index >= 15 is 4.79 Å². The van der Waals surface area contributed by atoms with Gasteiger partial charge in [-0.2, -0.15) is 0 Å². The summed E-state index contributed by atoms with van der Waals surface area (Å²) < 4.78 is 47.5. The molecule has 5 atom stereocenters. The van der Waals surface area contributed by atoms with Crippen molar-refractivity contribution in [1.82, 2.24) is 30.6 Å². The molecule has 342 valence electrons. The van der Waals surface area contributed by atoms with Gasteiger partial charge in [-0.15, -0.1) is 0 Å². The van der Waals surface area contributed by atoms with E-state index < -0.39 is 63.4 Å². The van der Waals surface area contributed by atoms with Gasteiger partial charge in [-0.05, 0) is 61.2 Å². The Morgan fingerprint density at radius 3 is 2.44 bits per heavy atom. The van der Waals surface area contributed by atoms with Gasteiger partial charge < -0.3 is 35.1 Å². The van der Waals surface area contributed by atoms with Crippen LogP contribution in [0.5, 0.6) is 17.2 Å². The van der Waals surface area contributed by atoms with Crippen molar-refractivity contribution in [1.29, 1.82) is 0 Å². The number of fused-ring (bicyclic) bond motifs is 5. The van der Waals surface area contributed by atoms with Crippen molar-refractivity contribution in [2.75, 3.05) is 20.3 Å². The number of sulfonamides is 1. The van der Waals surface area contributed by atoms with E-state index in [9.17, 15) is 22.8 Å². The summed E-state index contributed by atoms with van der Waals surface area (Å²) >= 11 is 0. The van der Waals surface area contributed by atoms with E-state index in [1.54, 1.807) is 61.7 Å². The monoisotopic (exact) mass is 912 g/mol. The summed E-state index contributed by atoms with van der Waals surface area (Å²) in [6.07, 6.45) is 7.61. The van der Waals surface area contributed by atoms with Crippen molar-refractivity contribution in [3.63, 3.8) is 0 Å². The Morgan fingerprint density at radius 2 is 1.67 bits per heavy atom. The highest BCUT2D eigenvalue weighted by Gasteiger charge is 2.61. The number of methoxy groups -OCH3 is 1. The molecule has 1 saturated heterocycles. The number of nitrogens with zero attached hydrogens (tertiary/aromatic N) is 2. The van der Waals surface area contributed by atoms with Crippen molar-refractivity contribution in [2.45, 2.75) is 86.0 Å². The van der Waals surface area contributed by atoms with E-state index in [1.807, 2.05) is 54.6 Å². The number of urea groups is 1. The molecular weight excluding hydrogens is 861 g/mol. The second-order valence-corrected chi connectivity index (χ2v) is 19.0. The Bertz CT molecular complexity index is 2770. The molecule has 4 N–H and O–H groups in total. The van der Waals surface area contributed by atoms with E-state index in [-0.39, 0.29) is 43.4 Å². The lowest BCUT2D eigenvalue weighted by Gasteiger charge is -2.30. The van der Waals surface area contributed by atoms with Crippen molar-refractivity contribution in [3.05, 3.63) is 127 Å². The normalized spacial score (nSPS) is 23.9. The summed E-state index contributed by atoms with van der Waals surface area (Å²) in [6.45, 7) is 0.0459.